The van der Waals surface area contributed by atoms with Crippen LogP contribution in [0.3, 0.4) is 0 Å². The van der Waals surface area contributed by atoms with Gasteiger partial charge in [0.1, 0.15) is 10.4 Å². The third-order valence-electron chi connectivity index (χ3n) is 3.44. The van der Waals surface area contributed by atoms with E-state index in [0.29, 0.717) is 18.8 Å². The highest BCUT2D eigenvalue weighted by atomic mass is 32.1. The topological polar surface area (TPSA) is 65.8 Å². The monoisotopic (exact) mass is 263 g/mol. The third-order valence-corrected chi connectivity index (χ3v) is 4.53. The first-order chi connectivity index (χ1) is 8.39. The number of nitrogens with zero attached hydrogens (tertiary/aromatic N) is 2. The van der Waals surface area contributed by atoms with Gasteiger partial charge in [-0.15, -0.1) is 11.3 Å². The number of amides is 1. The van der Waals surface area contributed by atoms with Crippen molar-refractivity contribution in [3.8, 4) is 6.07 Å². The minimum atomic E-state index is -0.825. The van der Waals surface area contributed by atoms with Crippen molar-refractivity contribution in [2.24, 2.45) is 11.3 Å². The van der Waals surface area contributed by atoms with Crippen LogP contribution in [0, 0.1) is 22.7 Å². The van der Waals surface area contributed by atoms with Gasteiger partial charge in [-0.3, -0.25) is 4.79 Å². The molecule has 1 amide bonds. The summed E-state index contributed by atoms with van der Waals surface area (Å²) in [5.41, 5.74) is -1.35. The molecule has 0 aliphatic heterocycles. The van der Waals surface area contributed by atoms with E-state index in [1.807, 2.05) is 19.2 Å². The van der Waals surface area contributed by atoms with Gasteiger partial charge in [0.25, 0.3) is 0 Å². The molecule has 0 saturated heterocycles. The van der Waals surface area contributed by atoms with E-state index < -0.39 is 11.0 Å². The number of thiazole rings is 1. The van der Waals surface area contributed by atoms with Gasteiger partial charge in [-0.05, 0) is 32.6 Å². The van der Waals surface area contributed by atoms with Gasteiger partial charge in [-0.1, -0.05) is 6.92 Å². The van der Waals surface area contributed by atoms with E-state index in [9.17, 15) is 10.1 Å². The van der Waals surface area contributed by atoms with Crippen LogP contribution in [0.1, 0.15) is 38.6 Å². The van der Waals surface area contributed by atoms with Crippen molar-refractivity contribution in [2.45, 2.75) is 39.2 Å². The van der Waals surface area contributed by atoms with E-state index in [2.05, 4.69) is 23.3 Å². The van der Waals surface area contributed by atoms with Crippen LogP contribution in [-0.2, 0) is 10.3 Å². The standard InChI is InChI=1S/C13H17N3OS/c1-9-6-13(7-9,8-14)10(17)16-12(2,3)11-15-4-5-18-11/h4-5,9H,6-7H2,1-3H3,(H,16,17). The molecule has 5 heteroatoms. The number of carbonyl (C=O) groups is 1. The molecule has 0 aromatic carbocycles. The minimum absolute atomic E-state index is 0.164. The molecule has 96 valence electrons. The highest BCUT2D eigenvalue weighted by Gasteiger charge is 2.50. The Labute approximate surface area is 111 Å². The zero-order valence-electron chi connectivity index (χ0n) is 10.9. The molecule has 0 atom stereocenters. The molecule has 2 rings (SSSR count). The number of hydrogen-bond donors (Lipinski definition) is 1. The lowest BCUT2D eigenvalue weighted by Crippen LogP contribution is -2.53. The second-order valence-electron chi connectivity index (χ2n) is 5.62. The summed E-state index contributed by atoms with van der Waals surface area (Å²) in [7, 11) is 0. The molecule has 0 unspecified atom stereocenters. The number of rotatable bonds is 3. The van der Waals surface area contributed by atoms with Gasteiger partial charge in [0.2, 0.25) is 5.91 Å². The minimum Gasteiger partial charge on any atom is -0.343 e. The maximum absolute atomic E-state index is 12.3. The summed E-state index contributed by atoms with van der Waals surface area (Å²) in [5, 5.41) is 14.9. The fourth-order valence-corrected chi connectivity index (χ4v) is 3.16. The first kappa shape index (κ1) is 13.0. The van der Waals surface area contributed by atoms with Gasteiger partial charge in [-0.25, -0.2) is 4.98 Å². The summed E-state index contributed by atoms with van der Waals surface area (Å²) in [6.07, 6.45) is 3.03. The van der Waals surface area contributed by atoms with Crippen LogP contribution in [0.4, 0.5) is 0 Å². The summed E-state index contributed by atoms with van der Waals surface area (Å²) in [5.74, 6) is 0.293. The second-order valence-corrected chi connectivity index (χ2v) is 6.52. The molecule has 0 radical (unpaired) electrons. The summed E-state index contributed by atoms with van der Waals surface area (Å²) in [4.78, 5) is 16.5. The molecule has 1 aromatic heterocycles. The van der Waals surface area contributed by atoms with Crippen LogP contribution in [-0.4, -0.2) is 10.9 Å². The highest BCUT2D eigenvalue weighted by molar-refractivity contribution is 7.09. The summed E-state index contributed by atoms with van der Waals surface area (Å²) < 4.78 is 0. The van der Waals surface area contributed by atoms with Crippen molar-refractivity contribution in [2.75, 3.05) is 0 Å². The average molecular weight is 263 g/mol. The van der Waals surface area contributed by atoms with E-state index in [1.54, 1.807) is 6.20 Å². The molecule has 1 aliphatic carbocycles. The Balaban J connectivity index is 2.11. The predicted octanol–water partition coefficient (Wildman–Crippen LogP) is 2.43. The predicted molar refractivity (Wildman–Crippen MR) is 69.7 cm³/mol. The van der Waals surface area contributed by atoms with Crippen LogP contribution in [0.15, 0.2) is 11.6 Å². The summed E-state index contributed by atoms with van der Waals surface area (Å²) in [6, 6.07) is 2.18. The van der Waals surface area contributed by atoms with Crippen molar-refractivity contribution in [3.05, 3.63) is 16.6 Å². The Morgan fingerprint density at radius 1 is 1.67 bits per heavy atom. The first-order valence-corrected chi connectivity index (χ1v) is 6.91. The van der Waals surface area contributed by atoms with Crippen LogP contribution < -0.4 is 5.32 Å². The number of nitrogens with one attached hydrogen (secondary N) is 1. The Kier molecular flexibility index (Phi) is 3.16. The maximum Gasteiger partial charge on any atom is 0.241 e. The van der Waals surface area contributed by atoms with E-state index in [4.69, 9.17) is 0 Å². The van der Waals surface area contributed by atoms with Crippen molar-refractivity contribution < 1.29 is 4.79 Å². The number of hydrogen-bond acceptors (Lipinski definition) is 4. The van der Waals surface area contributed by atoms with Crippen LogP contribution in [0.5, 0.6) is 0 Å². The number of carbonyl (C=O) groups excluding carboxylic acids is 1. The molecule has 1 fully saturated rings. The van der Waals surface area contributed by atoms with Gasteiger partial charge in [0.15, 0.2) is 0 Å². The quantitative estimate of drug-likeness (QED) is 0.910. The zero-order chi connectivity index (χ0) is 13.4. The fourth-order valence-electron chi connectivity index (χ4n) is 2.45. The van der Waals surface area contributed by atoms with Gasteiger partial charge in [0, 0.05) is 11.6 Å². The van der Waals surface area contributed by atoms with Crippen LogP contribution in [0.2, 0.25) is 0 Å². The summed E-state index contributed by atoms with van der Waals surface area (Å²) in [6.45, 7) is 5.89. The van der Waals surface area contributed by atoms with E-state index in [0.717, 1.165) is 5.01 Å². The van der Waals surface area contributed by atoms with Crippen molar-refractivity contribution in [1.29, 1.82) is 5.26 Å². The van der Waals surface area contributed by atoms with Gasteiger partial charge < -0.3 is 5.32 Å². The van der Waals surface area contributed by atoms with E-state index in [-0.39, 0.29) is 5.91 Å². The van der Waals surface area contributed by atoms with Crippen molar-refractivity contribution in [1.82, 2.24) is 10.3 Å². The molecule has 1 aromatic rings. The lowest BCUT2D eigenvalue weighted by molar-refractivity contribution is -0.135. The molecule has 1 aliphatic rings. The lowest BCUT2D eigenvalue weighted by atomic mass is 9.63. The molecule has 4 nitrogen and oxygen atoms in total. The Morgan fingerprint density at radius 2 is 2.33 bits per heavy atom. The molecule has 1 saturated carbocycles. The van der Waals surface area contributed by atoms with E-state index in [1.165, 1.54) is 11.3 Å². The normalized spacial score (nSPS) is 27.1. The molecule has 0 spiro atoms. The summed E-state index contributed by atoms with van der Waals surface area (Å²) >= 11 is 1.51. The van der Waals surface area contributed by atoms with Gasteiger partial charge >= 0.3 is 0 Å². The SMILES string of the molecule is CC1CC(C#N)(C(=O)NC(C)(C)c2nccs2)C1. The molecule has 0 bridgehead atoms. The number of nitriles is 1. The molecule has 18 heavy (non-hydrogen) atoms. The smallest absolute Gasteiger partial charge is 0.241 e. The molecule has 1 heterocycles. The van der Waals surface area contributed by atoms with E-state index >= 15 is 0 Å². The van der Waals surface area contributed by atoms with Crippen molar-refractivity contribution >= 4 is 17.2 Å². The Bertz CT molecular complexity index is 481. The molecular formula is C13H17N3OS. The second kappa shape index (κ2) is 4.36. The van der Waals surface area contributed by atoms with Crippen LogP contribution in [0.25, 0.3) is 0 Å². The van der Waals surface area contributed by atoms with Crippen LogP contribution >= 0.6 is 11.3 Å². The maximum atomic E-state index is 12.3. The number of aromatic nitrogens is 1. The zero-order valence-corrected chi connectivity index (χ0v) is 11.7. The molecular weight excluding hydrogens is 246 g/mol. The van der Waals surface area contributed by atoms with Gasteiger partial charge in [-0.2, -0.15) is 5.26 Å². The Hall–Kier alpha value is -1.41. The first-order valence-electron chi connectivity index (χ1n) is 6.03. The molecule has 1 N–H and O–H groups in total. The largest absolute Gasteiger partial charge is 0.343 e. The average Bonchev–Trinajstić information content (AvgIpc) is 2.77. The fraction of sp³-hybridized carbons (Fsp3) is 0.615. The Morgan fingerprint density at radius 3 is 2.78 bits per heavy atom. The lowest BCUT2D eigenvalue weighted by Gasteiger charge is -2.41. The highest BCUT2D eigenvalue weighted by Crippen LogP contribution is 2.45. The van der Waals surface area contributed by atoms with Crippen molar-refractivity contribution in [3.63, 3.8) is 0 Å². The van der Waals surface area contributed by atoms with Gasteiger partial charge in [0.05, 0.1) is 11.6 Å². The third kappa shape index (κ3) is 2.13.